The number of hydrogen-bond donors (Lipinski definition) is 2. The van der Waals surface area contributed by atoms with E-state index in [9.17, 15) is 14.4 Å². The minimum Gasteiger partial charge on any atom is -0.494 e. The number of amides is 4. The Labute approximate surface area is 236 Å². The van der Waals surface area contributed by atoms with Crippen LogP contribution in [-0.2, 0) is 11.3 Å². The molecule has 4 rings (SSSR count). The van der Waals surface area contributed by atoms with Gasteiger partial charge in [0.05, 0.1) is 17.2 Å². The van der Waals surface area contributed by atoms with Crippen molar-refractivity contribution in [3.05, 3.63) is 58.6 Å². The minimum atomic E-state index is -0.645. The van der Waals surface area contributed by atoms with E-state index in [4.69, 9.17) is 16.3 Å². The summed E-state index contributed by atoms with van der Waals surface area (Å²) in [5.41, 5.74) is 1.94. The molecule has 1 aliphatic heterocycles. The van der Waals surface area contributed by atoms with Crippen molar-refractivity contribution in [3.8, 4) is 5.75 Å². The van der Waals surface area contributed by atoms with Gasteiger partial charge in [0.1, 0.15) is 11.8 Å². The van der Waals surface area contributed by atoms with Crippen LogP contribution < -0.4 is 20.3 Å². The fraction of sp³-hybridized carbons (Fsp3) is 0.500. The van der Waals surface area contributed by atoms with E-state index >= 15 is 0 Å². The Bertz CT molecular complexity index is 1200. The second-order valence-electron chi connectivity index (χ2n) is 10.8. The summed E-state index contributed by atoms with van der Waals surface area (Å²) >= 11 is 6.53. The smallest absolute Gasteiger partial charge is 0.318 e. The molecular formula is C30H39ClN4O4. The van der Waals surface area contributed by atoms with Crippen molar-refractivity contribution < 1.29 is 19.1 Å². The molecule has 1 saturated carbocycles. The van der Waals surface area contributed by atoms with Crippen LogP contribution in [0, 0.1) is 5.92 Å². The number of fused-ring (bicyclic) bond motifs is 1. The molecule has 1 fully saturated rings. The molecule has 8 nitrogen and oxygen atoms in total. The van der Waals surface area contributed by atoms with Crippen LogP contribution in [0.1, 0.15) is 69.3 Å². The number of carbonyl (C=O) groups excluding carboxylic acids is 3. The van der Waals surface area contributed by atoms with Crippen LogP contribution >= 0.6 is 11.6 Å². The van der Waals surface area contributed by atoms with Gasteiger partial charge < -0.3 is 25.2 Å². The first-order valence-corrected chi connectivity index (χ1v) is 14.3. The van der Waals surface area contributed by atoms with E-state index in [0.717, 1.165) is 36.9 Å². The molecule has 2 N–H and O–H groups in total. The van der Waals surface area contributed by atoms with E-state index in [1.165, 1.54) is 0 Å². The van der Waals surface area contributed by atoms with E-state index in [1.807, 2.05) is 52.0 Å². The highest BCUT2D eigenvalue weighted by molar-refractivity contribution is 6.34. The zero-order valence-electron chi connectivity index (χ0n) is 23.2. The minimum absolute atomic E-state index is 0.0758. The number of benzene rings is 2. The fourth-order valence-electron chi connectivity index (χ4n) is 4.89. The van der Waals surface area contributed by atoms with E-state index in [2.05, 4.69) is 10.6 Å². The maximum Gasteiger partial charge on any atom is 0.318 e. The number of rotatable bonds is 8. The molecule has 2 aromatic rings. The molecule has 2 atom stereocenters. The lowest BCUT2D eigenvalue weighted by Gasteiger charge is -2.33. The van der Waals surface area contributed by atoms with Crippen LogP contribution in [0.15, 0.2) is 42.5 Å². The van der Waals surface area contributed by atoms with Crippen molar-refractivity contribution >= 4 is 35.1 Å². The Morgan fingerprint density at radius 2 is 1.87 bits per heavy atom. The molecule has 0 spiro atoms. The Hall–Kier alpha value is -3.26. The average Bonchev–Trinajstić information content (AvgIpc) is 3.04. The Morgan fingerprint density at radius 3 is 2.51 bits per heavy atom. The first kappa shape index (κ1) is 28.7. The summed E-state index contributed by atoms with van der Waals surface area (Å²) in [4.78, 5) is 43.7. The maximum atomic E-state index is 13.8. The normalized spacial score (nSPS) is 18.1. The largest absolute Gasteiger partial charge is 0.494 e. The molecule has 2 aliphatic rings. The van der Waals surface area contributed by atoms with Crippen LogP contribution in [0.25, 0.3) is 0 Å². The van der Waals surface area contributed by atoms with Crippen LogP contribution in [0.3, 0.4) is 0 Å². The predicted octanol–water partition coefficient (Wildman–Crippen LogP) is 5.38. The van der Waals surface area contributed by atoms with Gasteiger partial charge in [0.25, 0.3) is 5.91 Å². The number of anilines is 1. The van der Waals surface area contributed by atoms with Gasteiger partial charge in [-0.15, -0.1) is 0 Å². The summed E-state index contributed by atoms with van der Waals surface area (Å²) in [6.45, 7) is 8.93. The first-order valence-electron chi connectivity index (χ1n) is 13.9. The maximum absolute atomic E-state index is 13.8. The van der Waals surface area contributed by atoms with Gasteiger partial charge >= 0.3 is 6.03 Å². The van der Waals surface area contributed by atoms with Crippen molar-refractivity contribution in [3.63, 3.8) is 0 Å². The fourth-order valence-corrected chi connectivity index (χ4v) is 5.14. The van der Waals surface area contributed by atoms with E-state index < -0.39 is 6.04 Å². The third-order valence-corrected chi connectivity index (χ3v) is 7.74. The highest BCUT2D eigenvalue weighted by atomic mass is 35.5. The standard InChI is InChI=1S/C30H39ClN4O4/c1-5-15-39-23-13-14-24(25(31)16-23)29(37)35-17-20(4)34(18-21-9-6-7-12-26(21)35)30(38)33-27(19(2)3)28(36)32-22-10-8-11-22/h6-7,9,12-14,16,19-20,22,27H,5,8,10-11,15,17-18H2,1-4H3,(H,32,36)(H,33,38)/t20-,27+/m0/s1. The molecule has 1 aliphatic carbocycles. The number of carbonyl (C=O) groups is 3. The number of urea groups is 1. The summed E-state index contributed by atoms with van der Waals surface area (Å²) in [5, 5.41) is 6.35. The Morgan fingerprint density at radius 1 is 1.13 bits per heavy atom. The van der Waals surface area contributed by atoms with Crippen molar-refractivity contribution in [1.82, 2.24) is 15.5 Å². The number of nitrogens with zero attached hydrogens (tertiary/aromatic N) is 2. The molecule has 0 unspecified atom stereocenters. The van der Waals surface area contributed by atoms with Gasteiger partial charge in [-0.3, -0.25) is 9.59 Å². The lowest BCUT2D eigenvalue weighted by molar-refractivity contribution is -0.125. The van der Waals surface area contributed by atoms with Gasteiger partial charge in [0.15, 0.2) is 0 Å². The highest BCUT2D eigenvalue weighted by Gasteiger charge is 2.35. The van der Waals surface area contributed by atoms with Gasteiger partial charge in [-0.05, 0) is 68.4 Å². The van der Waals surface area contributed by atoms with Gasteiger partial charge in [-0.1, -0.05) is 50.6 Å². The van der Waals surface area contributed by atoms with Gasteiger partial charge in [0, 0.05) is 30.9 Å². The molecule has 9 heteroatoms. The topological polar surface area (TPSA) is 91.0 Å². The molecule has 0 aromatic heterocycles. The van der Waals surface area contributed by atoms with Crippen LogP contribution in [0.5, 0.6) is 5.75 Å². The Balaban J connectivity index is 1.55. The zero-order valence-corrected chi connectivity index (χ0v) is 24.0. The first-order chi connectivity index (χ1) is 18.7. The van der Waals surface area contributed by atoms with Gasteiger partial charge in [-0.25, -0.2) is 4.79 Å². The monoisotopic (exact) mass is 554 g/mol. The number of para-hydroxylation sites is 1. The average molecular weight is 555 g/mol. The quantitative estimate of drug-likeness (QED) is 0.458. The second-order valence-corrected chi connectivity index (χ2v) is 11.2. The summed E-state index contributed by atoms with van der Waals surface area (Å²) < 4.78 is 5.66. The van der Waals surface area contributed by atoms with Gasteiger partial charge in [0.2, 0.25) is 5.91 Å². The number of ether oxygens (including phenoxy) is 1. The zero-order chi connectivity index (χ0) is 28.1. The molecule has 0 radical (unpaired) electrons. The van der Waals surface area contributed by atoms with E-state index in [-0.39, 0.29) is 42.4 Å². The molecule has 2 aromatic carbocycles. The van der Waals surface area contributed by atoms with Crippen LogP contribution in [-0.4, -0.2) is 54.0 Å². The third-order valence-electron chi connectivity index (χ3n) is 7.43. The number of hydrogen-bond acceptors (Lipinski definition) is 4. The predicted molar refractivity (Wildman–Crippen MR) is 153 cm³/mol. The lowest BCUT2D eigenvalue weighted by Crippen LogP contribution is -2.57. The molecule has 39 heavy (non-hydrogen) atoms. The van der Waals surface area contributed by atoms with Crippen LogP contribution in [0.4, 0.5) is 10.5 Å². The molecule has 4 amide bonds. The lowest BCUT2D eigenvalue weighted by atomic mass is 9.92. The molecular weight excluding hydrogens is 516 g/mol. The molecule has 0 bridgehead atoms. The molecule has 0 saturated heterocycles. The summed E-state index contributed by atoms with van der Waals surface area (Å²) in [5.74, 6) is 0.146. The van der Waals surface area contributed by atoms with Crippen molar-refractivity contribution in [2.24, 2.45) is 5.92 Å². The number of halogens is 1. The highest BCUT2D eigenvalue weighted by Crippen LogP contribution is 2.31. The summed E-state index contributed by atoms with van der Waals surface area (Å²) in [7, 11) is 0. The second kappa shape index (κ2) is 12.7. The van der Waals surface area contributed by atoms with Crippen molar-refractivity contribution in [2.75, 3.05) is 18.1 Å². The summed E-state index contributed by atoms with van der Waals surface area (Å²) in [6.07, 6.45) is 3.94. The third kappa shape index (κ3) is 6.67. The van der Waals surface area contributed by atoms with E-state index in [1.54, 1.807) is 28.0 Å². The van der Waals surface area contributed by atoms with Crippen LogP contribution in [0.2, 0.25) is 5.02 Å². The molecule has 210 valence electrons. The Kier molecular flexibility index (Phi) is 9.38. The summed E-state index contributed by atoms with van der Waals surface area (Å²) in [6, 6.07) is 11.6. The van der Waals surface area contributed by atoms with Crippen molar-refractivity contribution in [1.29, 1.82) is 0 Å². The SMILES string of the molecule is CCCOc1ccc(C(=O)N2C[C@H](C)N(C(=O)N[C@@H](C(=O)NC3CCC3)C(C)C)Cc3ccccc32)c(Cl)c1. The van der Waals surface area contributed by atoms with Gasteiger partial charge in [-0.2, -0.15) is 0 Å². The van der Waals surface area contributed by atoms with Crippen molar-refractivity contribution in [2.45, 2.75) is 78.0 Å². The van der Waals surface area contributed by atoms with E-state index in [0.29, 0.717) is 29.5 Å². The number of nitrogens with one attached hydrogen (secondary N) is 2. The molecule has 1 heterocycles.